The van der Waals surface area contributed by atoms with Gasteiger partial charge >= 0.3 is 5.97 Å². The summed E-state index contributed by atoms with van der Waals surface area (Å²) in [6.45, 7) is -0.511. The fourth-order valence-electron chi connectivity index (χ4n) is 2.10. The van der Waals surface area contributed by atoms with Gasteiger partial charge in [0.05, 0.1) is 9.90 Å². The lowest BCUT2D eigenvalue weighted by atomic mass is 10.1. The summed E-state index contributed by atoms with van der Waals surface area (Å²) >= 11 is 3.06. The van der Waals surface area contributed by atoms with E-state index in [0.717, 1.165) is 15.3 Å². The van der Waals surface area contributed by atoms with Crippen molar-refractivity contribution in [1.82, 2.24) is 0 Å². The van der Waals surface area contributed by atoms with Crippen LogP contribution in [0.1, 0.15) is 0 Å². The SMILES string of the molecule is O=C(O)COc1cc(NSc2cccs2)c2ccccc2c1O. The van der Waals surface area contributed by atoms with Crippen molar-refractivity contribution in [2.24, 2.45) is 0 Å². The van der Waals surface area contributed by atoms with Crippen molar-refractivity contribution in [2.75, 3.05) is 11.3 Å². The summed E-state index contributed by atoms with van der Waals surface area (Å²) in [6.07, 6.45) is 0. The predicted molar refractivity (Wildman–Crippen MR) is 92.5 cm³/mol. The summed E-state index contributed by atoms with van der Waals surface area (Å²) < 4.78 is 9.51. The van der Waals surface area contributed by atoms with Gasteiger partial charge in [0.15, 0.2) is 18.1 Å². The van der Waals surface area contributed by atoms with E-state index in [2.05, 4.69) is 4.72 Å². The Kier molecular flexibility index (Phi) is 4.59. The van der Waals surface area contributed by atoms with E-state index in [1.807, 2.05) is 29.6 Å². The van der Waals surface area contributed by atoms with Crippen LogP contribution in [0.5, 0.6) is 11.5 Å². The summed E-state index contributed by atoms with van der Waals surface area (Å²) in [4.78, 5) is 10.7. The predicted octanol–water partition coefficient (Wildman–Crippen LogP) is 4.19. The third-order valence-electron chi connectivity index (χ3n) is 3.09. The van der Waals surface area contributed by atoms with Gasteiger partial charge in [-0.1, -0.05) is 30.3 Å². The molecule has 3 rings (SSSR count). The first kappa shape index (κ1) is 15.5. The highest BCUT2D eigenvalue weighted by molar-refractivity contribution is 8.02. The number of anilines is 1. The minimum Gasteiger partial charge on any atom is -0.504 e. The molecule has 1 heterocycles. The van der Waals surface area contributed by atoms with Gasteiger partial charge in [0, 0.05) is 16.8 Å². The van der Waals surface area contributed by atoms with Gasteiger partial charge < -0.3 is 19.7 Å². The number of hydrogen-bond donors (Lipinski definition) is 3. The number of carbonyl (C=O) groups is 1. The number of rotatable bonds is 6. The van der Waals surface area contributed by atoms with Crippen LogP contribution in [-0.2, 0) is 4.79 Å². The van der Waals surface area contributed by atoms with Gasteiger partial charge in [0.1, 0.15) is 0 Å². The van der Waals surface area contributed by atoms with Gasteiger partial charge in [-0.05, 0) is 23.4 Å². The molecule has 2 aromatic carbocycles. The second-order valence-corrected chi connectivity index (χ2v) is 6.69. The summed E-state index contributed by atoms with van der Waals surface area (Å²) in [5.74, 6) is -1.02. The monoisotopic (exact) mass is 347 g/mol. The van der Waals surface area contributed by atoms with Crippen LogP contribution in [0.3, 0.4) is 0 Å². The Hall–Kier alpha value is -2.38. The fraction of sp³-hybridized carbons (Fsp3) is 0.0625. The summed E-state index contributed by atoms with van der Waals surface area (Å²) in [5.41, 5.74) is 0.747. The number of fused-ring (bicyclic) bond motifs is 1. The van der Waals surface area contributed by atoms with Gasteiger partial charge in [-0.15, -0.1) is 11.3 Å². The zero-order valence-electron chi connectivity index (χ0n) is 11.9. The van der Waals surface area contributed by atoms with Crippen LogP contribution in [0.4, 0.5) is 5.69 Å². The molecule has 5 nitrogen and oxygen atoms in total. The number of hydrogen-bond acceptors (Lipinski definition) is 6. The van der Waals surface area contributed by atoms with E-state index in [4.69, 9.17) is 9.84 Å². The number of phenolic OH excluding ortho intramolecular Hbond substituents is 1. The molecule has 23 heavy (non-hydrogen) atoms. The van der Waals surface area contributed by atoms with Gasteiger partial charge in [-0.3, -0.25) is 0 Å². The van der Waals surface area contributed by atoms with E-state index < -0.39 is 12.6 Å². The van der Waals surface area contributed by atoms with Crippen LogP contribution in [0.2, 0.25) is 0 Å². The van der Waals surface area contributed by atoms with Crippen molar-refractivity contribution >= 4 is 45.7 Å². The molecule has 3 aromatic rings. The van der Waals surface area contributed by atoms with Crippen LogP contribution >= 0.6 is 23.3 Å². The molecule has 118 valence electrons. The molecule has 0 saturated carbocycles. The number of carboxylic acids is 1. The molecule has 1 aromatic heterocycles. The number of nitrogens with one attached hydrogen (secondary N) is 1. The normalized spacial score (nSPS) is 10.6. The van der Waals surface area contributed by atoms with Gasteiger partial charge in [-0.25, -0.2) is 4.79 Å². The lowest BCUT2D eigenvalue weighted by Gasteiger charge is -2.13. The van der Waals surface area contributed by atoms with Crippen molar-refractivity contribution in [3.63, 3.8) is 0 Å². The van der Waals surface area contributed by atoms with E-state index >= 15 is 0 Å². The van der Waals surface area contributed by atoms with Gasteiger partial charge in [0.25, 0.3) is 0 Å². The third kappa shape index (κ3) is 3.52. The van der Waals surface area contributed by atoms with Crippen molar-refractivity contribution in [3.8, 4) is 11.5 Å². The molecule has 0 unspecified atom stereocenters. The van der Waals surface area contributed by atoms with Crippen LogP contribution in [-0.4, -0.2) is 22.8 Å². The Morgan fingerprint density at radius 1 is 1.22 bits per heavy atom. The Balaban J connectivity index is 1.97. The molecule has 0 aliphatic carbocycles. The zero-order chi connectivity index (χ0) is 16.2. The van der Waals surface area contributed by atoms with Crippen LogP contribution in [0.25, 0.3) is 10.8 Å². The van der Waals surface area contributed by atoms with E-state index in [9.17, 15) is 9.90 Å². The number of ether oxygens (including phenoxy) is 1. The van der Waals surface area contributed by atoms with Crippen molar-refractivity contribution in [2.45, 2.75) is 4.21 Å². The molecule has 0 radical (unpaired) electrons. The molecule has 0 amide bonds. The summed E-state index contributed by atoms with van der Waals surface area (Å²) in [7, 11) is 0. The molecule has 0 aliphatic heterocycles. The average Bonchev–Trinajstić information content (AvgIpc) is 3.06. The number of phenols is 1. The maximum Gasteiger partial charge on any atom is 0.341 e. The topological polar surface area (TPSA) is 78.8 Å². The molecular formula is C16H13NO4S2. The van der Waals surface area contributed by atoms with Crippen LogP contribution < -0.4 is 9.46 Å². The number of carboxylic acid groups (broad SMARTS) is 1. The smallest absolute Gasteiger partial charge is 0.341 e. The minimum absolute atomic E-state index is 0.0616. The van der Waals surface area contributed by atoms with E-state index in [1.165, 1.54) is 11.9 Å². The highest BCUT2D eigenvalue weighted by atomic mass is 32.2. The fourth-order valence-corrected chi connectivity index (χ4v) is 3.55. The molecule has 0 fully saturated rings. The zero-order valence-corrected chi connectivity index (χ0v) is 13.5. The second-order valence-electron chi connectivity index (χ2n) is 4.64. The maximum absolute atomic E-state index is 10.7. The Morgan fingerprint density at radius 2 is 2.00 bits per heavy atom. The lowest BCUT2D eigenvalue weighted by molar-refractivity contribution is -0.139. The first-order valence-corrected chi connectivity index (χ1v) is 8.40. The summed E-state index contributed by atoms with van der Waals surface area (Å²) in [6, 6.07) is 12.9. The number of benzene rings is 2. The highest BCUT2D eigenvalue weighted by Crippen LogP contribution is 2.41. The van der Waals surface area contributed by atoms with E-state index in [-0.39, 0.29) is 11.5 Å². The van der Waals surface area contributed by atoms with Crippen molar-refractivity contribution < 1.29 is 19.7 Å². The number of aromatic hydroxyl groups is 1. The first-order chi connectivity index (χ1) is 11.1. The number of aliphatic carboxylic acids is 1. The molecule has 0 saturated heterocycles. The molecule has 0 spiro atoms. The molecule has 0 aliphatic rings. The van der Waals surface area contributed by atoms with E-state index in [1.54, 1.807) is 29.5 Å². The second kappa shape index (κ2) is 6.80. The molecule has 3 N–H and O–H groups in total. The van der Waals surface area contributed by atoms with Gasteiger partial charge in [-0.2, -0.15) is 0 Å². The quantitative estimate of drug-likeness (QED) is 0.458. The van der Waals surface area contributed by atoms with Crippen molar-refractivity contribution in [1.29, 1.82) is 0 Å². The minimum atomic E-state index is -1.10. The summed E-state index contributed by atoms with van der Waals surface area (Å²) in [5, 5.41) is 22.5. The van der Waals surface area contributed by atoms with Crippen LogP contribution in [0.15, 0.2) is 52.1 Å². The van der Waals surface area contributed by atoms with E-state index in [0.29, 0.717) is 5.39 Å². The Labute approximate surface area is 140 Å². The average molecular weight is 347 g/mol. The van der Waals surface area contributed by atoms with Crippen LogP contribution in [0, 0.1) is 0 Å². The standard InChI is InChI=1S/C16H13NO4S2/c18-14(19)9-21-13-8-12(17-23-15-6-3-7-22-15)10-4-1-2-5-11(10)16(13)20/h1-8,17,20H,9H2,(H,18,19). The Bertz CT molecular complexity index is 833. The molecular weight excluding hydrogens is 334 g/mol. The van der Waals surface area contributed by atoms with Crippen molar-refractivity contribution in [3.05, 3.63) is 47.8 Å². The number of thiophene rings is 1. The third-order valence-corrected chi connectivity index (χ3v) is 4.95. The Morgan fingerprint density at radius 3 is 2.70 bits per heavy atom. The van der Waals surface area contributed by atoms with Gasteiger partial charge in [0.2, 0.25) is 0 Å². The molecule has 0 atom stereocenters. The maximum atomic E-state index is 10.7. The molecule has 0 bridgehead atoms. The largest absolute Gasteiger partial charge is 0.504 e. The molecule has 7 heteroatoms. The first-order valence-electron chi connectivity index (χ1n) is 6.71. The highest BCUT2D eigenvalue weighted by Gasteiger charge is 2.13. The lowest BCUT2D eigenvalue weighted by Crippen LogP contribution is -2.09.